The molecule has 2 heterocycles. The van der Waals surface area contributed by atoms with Crippen molar-refractivity contribution in [1.29, 1.82) is 0 Å². The molecule has 2 nitrogen and oxygen atoms in total. The molecule has 2 heteroatoms. The summed E-state index contributed by atoms with van der Waals surface area (Å²) >= 11 is 0. The molecule has 19 heavy (non-hydrogen) atoms. The maximum absolute atomic E-state index is 2.66. The van der Waals surface area contributed by atoms with Gasteiger partial charge in [0, 0.05) is 0 Å². The van der Waals surface area contributed by atoms with Crippen LogP contribution in [-0.4, -0.2) is 42.6 Å². The van der Waals surface area contributed by atoms with Crippen LogP contribution in [0.5, 0.6) is 0 Å². The third-order valence-corrected chi connectivity index (χ3v) is 4.71. The lowest BCUT2D eigenvalue weighted by molar-refractivity contribution is 0.0927. The van der Waals surface area contributed by atoms with Gasteiger partial charge in [-0.15, -0.1) is 0 Å². The van der Waals surface area contributed by atoms with Crippen LogP contribution in [0.25, 0.3) is 0 Å². The van der Waals surface area contributed by atoms with E-state index in [0.29, 0.717) is 0 Å². The third kappa shape index (κ3) is 3.58. The van der Waals surface area contributed by atoms with Crippen molar-refractivity contribution in [3.63, 3.8) is 0 Å². The number of rotatable bonds is 3. The first-order valence-electron chi connectivity index (χ1n) is 7.91. The molecular weight excluding hydrogens is 232 g/mol. The fraction of sp³-hybridized carbons (Fsp3) is 0.647. The van der Waals surface area contributed by atoms with E-state index in [4.69, 9.17) is 0 Å². The minimum atomic E-state index is 0.791. The van der Waals surface area contributed by atoms with E-state index >= 15 is 0 Å². The first kappa shape index (κ1) is 13.1. The molecule has 0 radical (unpaired) electrons. The van der Waals surface area contributed by atoms with Crippen LogP contribution in [-0.2, 0) is 0 Å². The second-order valence-corrected chi connectivity index (χ2v) is 6.12. The molecular formula is C17H26N2. The molecule has 0 amide bonds. The fourth-order valence-corrected chi connectivity index (χ4v) is 3.52. The van der Waals surface area contributed by atoms with Crippen molar-refractivity contribution in [3.05, 3.63) is 35.9 Å². The number of benzene rings is 1. The van der Waals surface area contributed by atoms with Gasteiger partial charge in [0.2, 0.25) is 0 Å². The largest absolute Gasteiger partial charge is 0.290 e. The van der Waals surface area contributed by atoms with Crippen LogP contribution in [0.1, 0.15) is 43.6 Å². The van der Waals surface area contributed by atoms with Crippen LogP contribution in [0.4, 0.5) is 0 Å². The molecule has 0 spiro atoms. The molecule has 0 aromatic heterocycles. The van der Waals surface area contributed by atoms with E-state index < -0.39 is 0 Å². The number of piperidine rings is 2. The molecule has 1 aromatic rings. The van der Waals surface area contributed by atoms with Crippen molar-refractivity contribution >= 4 is 0 Å². The highest BCUT2D eigenvalue weighted by atomic mass is 15.3. The predicted molar refractivity (Wildman–Crippen MR) is 80.3 cm³/mol. The molecule has 2 fully saturated rings. The van der Waals surface area contributed by atoms with Crippen molar-refractivity contribution in [1.82, 2.24) is 9.80 Å². The zero-order valence-corrected chi connectivity index (χ0v) is 11.9. The summed E-state index contributed by atoms with van der Waals surface area (Å²) in [7, 11) is 0. The summed E-state index contributed by atoms with van der Waals surface area (Å²) in [5, 5.41) is 0. The summed E-state index contributed by atoms with van der Waals surface area (Å²) in [5.41, 5.74) is 1.54. The zero-order chi connectivity index (χ0) is 12.9. The lowest BCUT2D eigenvalue weighted by Gasteiger charge is -2.37. The van der Waals surface area contributed by atoms with E-state index in [2.05, 4.69) is 40.1 Å². The third-order valence-electron chi connectivity index (χ3n) is 4.71. The van der Waals surface area contributed by atoms with Gasteiger partial charge in [-0.3, -0.25) is 9.80 Å². The number of hydrogen-bond acceptors (Lipinski definition) is 2. The Hall–Kier alpha value is -0.860. The van der Waals surface area contributed by atoms with Gasteiger partial charge in [-0.2, -0.15) is 0 Å². The Kier molecular flexibility index (Phi) is 4.52. The summed E-state index contributed by atoms with van der Waals surface area (Å²) in [6.07, 6.45) is 6.91. The normalized spacial score (nSPS) is 23.6. The van der Waals surface area contributed by atoms with Crippen molar-refractivity contribution in [2.45, 2.75) is 38.0 Å². The van der Waals surface area contributed by atoms with Gasteiger partial charge in [0.25, 0.3) is 0 Å². The van der Waals surface area contributed by atoms with Gasteiger partial charge in [0.15, 0.2) is 0 Å². The predicted octanol–water partition coefficient (Wildman–Crippen LogP) is 3.31. The van der Waals surface area contributed by atoms with Gasteiger partial charge in [0.1, 0.15) is 0 Å². The Balaban J connectivity index is 1.46. The highest BCUT2D eigenvalue weighted by Gasteiger charge is 2.22. The molecule has 2 aliphatic heterocycles. The minimum absolute atomic E-state index is 0.791. The maximum atomic E-state index is 2.66. The van der Waals surface area contributed by atoms with Gasteiger partial charge in [-0.05, 0) is 63.3 Å². The smallest absolute Gasteiger partial charge is 0.0506 e. The Morgan fingerprint density at radius 2 is 1.42 bits per heavy atom. The van der Waals surface area contributed by atoms with E-state index in [9.17, 15) is 0 Å². The summed E-state index contributed by atoms with van der Waals surface area (Å²) in [6.45, 7) is 6.39. The van der Waals surface area contributed by atoms with Crippen LogP contribution in [0.2, 0.25) is 0 Å². The molecule has 3 rings (SSSR count). The van der Waals surface area contributed by atoms with Crippen molar-refractivity contribution in [2.75, 3.05) is 32.8 Å². The molecule has 1 aromatic carbocycles. The lowest BCUT2D eigenvalue weighted by atomic mass is 9.90. The number of hydrogen-bond donors (Lipinski definition) is 0. The van der Waals surface area contributed by atoms with Crippen LogP contribution in [0.3, 0.4) is 0 Å². The number of likely N-dealkylation sites (tertiary alicyclic amines) is 2. The molecule has 0 aliphatic carbocycles. The standard InChI is InChI=1S/C17H26N2/c1-3-7-16(8-4-1)17-9-13-19(14-10-17)15-18-11-5-2-6-12-18/h1,3-4,7-8,17H,2,5-6,9-15H2. The Morgan fingerprint density at radius 3 is 2.11 bits per heavy atom. The second kappa shape index (κ2) is 6.53. The number of nitrogens with zero attached hydrogens (tertiary/aromatic N) is 2. The SMILES string of the molecule is c1ccc(C2CCN(CN3CCCCC3)CC2)cc1. The maximum Gasteiger partial charge on any atom is 0.0506 e. The Bertz CT molecular complexity index is 362. The van der Waals surface area contributed by atoms with E-state index in [1.165, 1.54) is 65.0 Å². The summed E-state index contributed by atoms with van der Waals surface area (Å²) < 4.78 is 0. The second-order valence-electron chi connectivity index (χ2n) is 6.12. The molecule has 0 N–H and O–H groups in total. The quantitative estimate of drug-likeness (QED) is 0.820. The topological polar surface area (TPSA) is 6.48 Å². The molecule has 2 aliphatic rings. The van der Waals surface area contributed by atoms with Gasteiger partial charge in [0.05, 0.1) is 6.67 Å². The van der Waals surface area contributed by atoms with Gasteiger partial charge < -0.3 is 0 Å². The van der Waals surface area contributed by atoms with Gasteiger partial charge >= 0.3 is 0 Å². The van der Waals surface area contributed by atoms with Crippen molar-refractivity contribution < 1.29 is 0 Å². The average Bonchev–Trinajstić information content (AvgIpc) is 2.50. The van der Waals surface area contributed by atoms with E-state index in [1.807, 2.05) is 0 Å². The first-order chi connectivity index (χ1) is 9.42. The van der Waals surface area contributed by atoms with E-state index in [-0.39, 0.29) is 0 Å². The minimum Gasteiger partial charge on any atom is -0.290 e. The van der Waals surface area contributed by atoms with Crippen LogP contribution < -0.4 is 0 Å². The summed E-state index contributed by atoms with van der Waals surface area (Å²) in [5.74, 6) is 0.791. The molecule has 2 saturated heterocycles. The molecule has 104 valence electrons. The summed E-state index contributed by atoms with van der Waals surface area (Å²) in [6, 6.07) is 11.1. The lowest BCUT2D eigenvalue weighted by Crippen LogP contribution is -2.43. The Morgan fingerprint density at radius 1 is 0.789 bits per heavy atom. The van der Waals surface area contributed by atoms with Crippen LogP contribution in [0, 0.1) is 0 Å². The summed E-state index contributed by atoms with van der Waals surface area (Å²) in [4.78, 5) is 5.30. The Labute approximate surface area is 117 Å². The highest BCUT2D eigenvalue weighted by molar-refractivity contribution is 5.19. The van der Waals surface area contributed by atoms with E-state index in [1.54, 1.807) is 5.56 Å². The fourth-order valence-electron chi connectivity index (χ4n) is 3.52. The molecule has 0 bridgehead atoms. The monoisotopic (exact) mass is 258 g/mol. The van der Waals surface area contributed by atoms with Crippen LogP contribution >= 0.6 is 0 Å². The van der Waals surface area contributed by atoms with Crippen molar-refractivity contribution in [2.24, 2.45) is 0 Å². The molecule has 0 atom stereocenters. The van der Waals surface area contributed by atoms with Gasteiger partial charge in [-0.25, -0.2) is 0 Å². The first-order valence-corrected chi connectivity index (χ1v) is 7.91. The molecule has 0 unspecified atom stereocenters. The molecule has 0 saturated carbocycles. The van der Waals surface area contributed by atoms with Gasteiger partial charge in [-0.1, -0.05) is 36.8 Å². The average molecular weight is 258 g/mol. The van der Waals surface area contributed by atoms with Crippen molar-refractivity contribution in [3.8, 4) is 0 Å². The van der Waals surface area contributed by atoms with Crippen LogP contribution in [0.15, 0.2) is 30.3 Å². The van der Waals surface area contributed by atoms with E-state index in [0.717, 1.165) is 5.92 Å². The zero-order valence-electron chi connectivity index (χ0n) is 11.9. The highest BCUT2D eigenvalue weighted by Crippen LogP contribution is 2.27.